The zero-order chi connectivity index (χ0) is 14.5. The smallest absolute Gasteiger partial charge is 0.258 e. The molecule has 2 aromatic carbocycles. The van der Waals surface area contributed by atoms with E-state index in [0.29, 0.717) is 5.56 Å². The van der Waals surface area contributed by atoms with Crippen molar-refractivity contribution in [3.05, 3.63) is 63.2 Å². The number of para-hydroxylation sites is 1. The van der Waals surface area contributed by atoms with Crippen molar-refractivity contribution in [2.24, 2.45) is 4.99 Å². The predicted octanol–water partition coefficient (Wildman–Crippen LogP) is 4.72. The van der Waals surface area contributed by atoms with Crippen LogP contribution >= 0.6 is 23.4 Å². The number of nitro groups is 1. The number of thioether (sulfide) groups is 1. The maximum absolute atomic E-state index is 10.8. The van der Waals surface area contributed by atoms with E-state index in [4.69, 9.17) is 11.6 Å². The van der Waals surface area contributed by atoms with Crippen LogP contribution in [-0.4, -0.2) is 17.4 Å². The van der Waals surface area contributed by atoms with Gasteiger partial charge < -0.3 is 0 Å². The summed E-state index contributed by atoms with van der Waals surface area (Å²) >= 11 is 7.36. The van der Waals surface area contributed by atoms with Crippen LogP contribution in [0.25, 0.3) is 0 Å². The molecule has 0 aromatic heterocycles. The van der Waals surface area contributed by atoms with E-state index in [1.54, 1.807) is 24.0 Å². The first kappa shape index (κ1) is 14.6. The molecule has 2 rings (SSSR count). The number of halogens is 1. The zero-order valence-corrected chi connectivity index (χ0v) is 12.2. The van der Waals surface area contributed by atoms with Crippen molar-refractivity contribution in [1.82, 2.24) is 0 Å². The molecule has 0 aliphatic carbocycles. The maximum atomic E-state index is 10.8. The summed E-state index contributed by atoms with van der Waals surface area (Å²) in [6.45, 7) is 0. The van der Waals surface area contributed by atoms with Crippen LogP contribution in [0, 0.1) is 10.1 Å². The van der Waals surface area contributed by atoms with Crippen molar-refractivity contribution < 1.29 is 4.92 Å². The highest BCUT2D eigenvalue weighted by molar-refractivity contribution is 7.98. The van der Waals surface area contributed by atoms with E-state index in [0.717, 1.165) is 10.6 Å². The number of hydrogen-bond donors (Lipinski definition) is 0. The Morgan fingerprint density at radius 1 is 1.30 bits per heavy atom. The van der Waals surface area contributed by atoms with Gasteiger partial charge in [0, 0.05) is 17.2 Å². The fraction of sp³-hybridized carbons (Fsp3) is 0.0714. The van der Waals surface area contributed by atoms with Crippen molar-refractivity contribution in [2.45, 2.75) is 4.90 Å². The highest BCUT2D eigenvalue weighted by Gasteiger charge is 2.11. The molecular formula is C14H11ClN2O2S. The molecule has 0 saturated carbocycles. The number of nitrogens with zero attached hydrogens (tertiary/aromatic N) is 2. The summed E-state index contributed by atoms with van der Waals surface area (Å²) in [5.41, 5.74) is 1.35. The van der Waals surface area contributed by atoms with Crippen LogP contribution in [0.4, 0.5) is 11.4 Å². The number of hydrogen-bond acceptors (Lipinski definition) is 4. The second-order valence-corrected chi connectivity index (χ2v) is 5.15. The zero-order valence-electron chi connectivity index (χ0n) is 10.6. The molecule has 0 unspecified atom stereocenters. The van der Waals surface area contributed by atoms with Gasteiger partial charge in [-0.2, -0.15) is 0 Å². The van der Waals surface area contributed by atoms with E-state index in [1.165, 1.54) is 12.1 Å². The van der Waals surface area contributed by atoms with E-state index in [-0.39, 0.29) is 10.7 Å². The number of rotatable bonds is 4. The predicted molar refractivity (Wildman–Crippen MR) is 83.6 cm³/mol. The summed E-state index contributed by atoms with van der Waals surface area (Å²) in [4.78, 5) is 15.7. The Morgan fingerprint density at radius 3 is 2.75 bits per heavy atom. The summed E-state index contributed by atoms with van der Waals surface area (Å²) in [5.74, 6) is 0. The van der Waals surface area contributed by atoms with Crippen molar-refractivity contribution in [3.8, 4) is 0 Å². The average Bonchev–Trinajstić information content (AvgIpc) is 2.46. The number of benzene rings is 2. The molecule has 0 fully saturated rings. The van der Waals surface area contributed by atoms with Crippen molar-refractivity contribution >= 4 is 41.0 Å². The number of nitro benzene ring substituents is 1. The number of aliphatic imine (C=N–C) groups is 1. The molecule has 0 aliphatic rings. The summed E-state index contributed by atoms with van der Waals surface area (Å²) in [6.07, 6.45) is 3.57. The first-order chi connectivity index (χ1) is 9.61. The van der Waals surface area contributed by atoms with Crippen LogP contribution in [0.1, 0.15) is 5.56 Å². The Kier molecular flexibility index (Phi) is 4.76. The second kappa shape index (κ2) is 6.54. The van der Waals surface area contributed by atoms with Crippen LogP contribution in [0.2, 0.25) is 5.02 Å². The third-order valence-corrected chi connectivity index (χ3v) is 3.71. The Hall–Kier alpha value is -1.85. The molecule has 0 spiro atoms. The molecule has 0 heterocycles. The molecule has 0 aliphatic heterocycles. The fourth-order valence-corrected chi connectivity index (χ4v) is 2.36. The van der Waals surface area contributed by atoms with Crippen molar-refractivity contribution in [1.29, 1.82) is 0 Å². The summed E-state index contributed by atoms with van der Waals surface area (Å²) in [5, 5.41) is 10.9. The van der Waals surface area contributed by atoms with Gasteiger partial charge in [-0.05, 0) is 30.0 Å². The van der Waals surface area contributed by atoms with Gasteiger partial charge in [-0.3, -0.25) is 15.1 Å². The van der Waals surface area contributed by atoms with Gasteiger partial charge in [-0.25, -0.2) is 0 Å². The molecule has 20 heavy (non-hydrogen) atoms. The van der Waals surface area contributed by atoms with Gasteiger partial charge in [0.2, 0.25) is 0 Å². The third-order valence-electron chi connectivity index (χ3n) is 2.60. The minimum absolute atomic E-state index is 0.117. The molecular weight excluding hydrogens is 296 g/mol. The lowest BCUT2D eigenvalue weighted by Gasteiger charge is -2.01. The van der Waals surface area contributed by atoms with Crippen LogP contribution in [0.3, 0.4) is 0 Å². The van der Waals surface area contributed by atoms with Gasteiger partial charge in [0.15, 0.2) is 0 Å². The van der Waals surface area contributed by atoms with Crippen LogP contribution in [0.15, 0.2) is 52.4 Å². The summed E-state index contributed by atoms with van der Waals surface area (Å²) < 4.78 is 0. The Morgan fingerprint density at radius 2 is 2.05 bits per heavy atom. The molecule has 4 nitrogen and oxygen atoms in total. The molecule has 0 saturated heterocycles. The first-order valence-corrected chi connectivity index (χ1v) is 7.33. The fourth-order valence-electron chi connectivity index (χ4n) is 1.63. The third kappa shape index (κ3) is 3.37. The van der Waals surface area contributed by atoms with Gasteiger partial charge >= 0.3 is 0 Å². The second-order valence-electron chi connectivity index (χ2n) is 3.90. The lowest BCUT2D eigenvalue weighted by molar-refractivity contribution is -0.384. The molecule has 6 heteroatoms. The molecule has 0 atom stereocenters. The standard InChI is InChI=1S/C14H11ClN2O2S/c1-20-14-5-3-2-4-12(14)16-9-10-6-7-11(15)13(8-10)17(18)19/h2-9H,1H3. The monoisotopic (exact) mass is 306 g/mol. The van der Waals surface area contributed by atoms with E-state index < -0.39 is 4.92 Å². The van der Waals surface area contributed by atoms with Crippen LogP contribution in [0.5, 0.6) is 0 Å². The molecule has 2 aromatic rings. The highest BCUT2D eigenvalue weighted by Crippen LogP contribution is 2.28. The SMILES string of the molecule is CSc1ccccc1N=Cc1ccc(Cl)c([N+](=O)[O-])c1. The largest absolute Gasteiger partial charge is 0.288 e. The van der Waals surface area contributed by atoms with Gasteiger partial charge in [0.25, 0.3) is 5.69 Å². The van der Waals surface area contributed by atoms with Gasteiger partial charge in [-0.1, -0.05) is 29.8 Å². The minimum Gasteiger partial charge on any atom is -0.258 e. The highest BCUT2D eigenvalue weighted by atomic mass is 35.5. The van der Waals surface area contributed by atoms with Gasteiger partial charge in [0.1, 0.15) is 5.02 Å². The summed E-state index contributed by atoms with van der Waals surface area (Å²) in [7, 11) is 0. The van der Waals surface area contributed by atoms with Crippen molar-refractivity contribution in [2.75, 3.05) is 6.26 Å². The topological polar surface area (TPSA) is 55.5 Å². The molecule has 0 bridgehead atoms. The Balaban J connectivity index is 2.32. The van der Waals surface area contributed by atoms with E-state index in [1.807, 2.05) is 30.5 Å². The Bertz CT molecular complexity index is 674. The van der Waals surface area contributed by atoms with Crippen LogP contribution < -0.4 is 0 Å². The maximum Gasteiger partial charge on any atom is 0.288 e. The summed E-state index contributed by atoms with van der Waals surface area (Å²) in [6, 6.07) is 12.3. The van der Waals surface area contributed by atoms with Crippen molar-refractivity contribution in [3.63, 3.8) is 0 Å². The molecule has 0 radical (unpaired) electrons. The lowest BCUT2D eigenvalue weighted by Crippen LogP contribution is -1.91. The van der Waals surface area contributed by atoms with Gasteiger partial charge in [-0.15, -0.1) is 11.8 Å². The quantitative estimate of drug-likeness (QED) is 0.355. The first-order valence-electron chi connectivity index (χ1n) is 5.73. The van der Waals surface area contributed by atoms with E-state index in [9.17, 15) is 10.1 Å². The van der Waals surface area contributed by atoms with E-state index in [2.05, 4.69) is 4.99 Å². The molecule has 0 amide bonds. The normalized spacial score (nSPS) is 10.9. The average molecular weight is 307 g/mol. The molecule has 0 N–H and O–H groups in total. The minimum atomic E-state index is -0.504. The van der Waals surface area contributed by atoms with Gasteiger partial charge in [0.05, 0.1) is 10.6 Å². The van der Waals surface area contributed by atoms with E-state index >= 15 is 0 Å². The Labute approximate surface area is 125 Å². The van der Waals surface area contributed by atoms with Crippen LogP contribution in [-0.2, 0) is 0 Å². The molecule has 102 valence electrons. The lowest BCUT2D eigenvalue weighted by atomic mass is 10.2.